The van der Waals surface area contributed by atoms with Crippen molar-refractivity contribution in [3.8, 4) is 0 Å². The molecule has 0 aliphatic heterocycles. The van der Waals surface area contributed by atoms with Gasteiger partial charge in [0.05, 0.1) is 17.6 Å². The maximum absolute atomic E-state index is 12.1. The summed E-state index contributed by atoms with van der Waals surface area (Å²) in [5.41, 5.74) is 0.257. The third-order valence-corrected chi connectivity index (χ3v) is 2.98. The van der Waals surface area contributed by atoms with Gasteiger partial charge in [0.15, 0.2) is 0 Å². The van der Waals surface area contributed by atoms with E-state index < -0.39 is 16.9 Å². The Morgan fingerprint density at radius 2 is 2.11 bits per heavy atom. The number of amides is 1. The Bertz CT molecular complexity index is 486. The Morgan fingerprint density at radius 3 is 2.58 bits per heavy atom. The summed E-state index contributed by atoms with van der Waals surface area (Å²) >= 11 is 0. The van der Waals surface area contributed by atoms with Gasteiger partial charge < -0.3 is 10.4 Å². The molecule has 0 heterocycles. The van der Waals surface area contributed by atoms with Gasteiger partial charge in [-0.2, -0.15) is 0 Å². The lowest BCUT2D eigenvalue weighted by Crippen LogP contribution is -2.41. The van der Waals surface area contributed by atoms with Gasteiger partial charge >= 0.3 is 0 Å². The van der Waals surface area contributed by atoms with Crippen LogP contribution in [0, 0.1) is 23.0 Å². The van der Waals surface area contributed by atoms with Crippen LogP contribution in [-0.4, -0.2) is 28.6 Å². The molecule has 0 aliphatic rings. The molecule has 19 heavy (non-hydrogen) atoms. The largest absolute Gasteiger partial charge is 0.394 e. The van der Waals surface area contributed by atoms with E-state index in [1.807, 2.05) is 13.8 Å². The van der Waals surface area contributed by atoms with E-state index in [1.165, 1.54) is 6.07 Å². The molecule has 0 aromatic heterocycles. The van der Waals surface area contributed by atoms with Crippen molar-refractivity contribution in [2.24, 2.45) is 5.92 Å². The van der Waals surface area contributed by atoms with Crippen molar-refractivity contribution in [1.82, 2.24) is 5.32 Å². The summed E-state index contributed by atoms with van der Waals surface area (Å²) < 4.78 is 0. The van der Waals surface area contributed by atoms with E-state index in [2.05, 4.69) is 5.32 Å². The van der Waals surface area contributed by atoms with Crippen molar-refractivity contribution in [3.05, 3.63) is 39.4 Å². The van der Waals surface area contributed by atoms with Gasteiger partial charge in [0.1, 0.15) is 5.56 Å². The van der Waals surface area contributed by atoms with E-state index >= 15 is 0 Å². The third kappa shape index (κ3) is 3.51. The van der Waals surface area contributed by atoms with Crippen molar-refractivity contribution >= 4 is 11.6 Å². The first-order valence-electron chi connectivity index (χ1n) is 6.04. The van der Waals surface area contributed by atoms with Crippen LogP contribution in [0.25, 0.3) is 0 Å². The standard InChI is InChI=1S/C13H18N2O4/c1-8(2)11(7-16)14-13(17)10-6-4-5-9(3)12(10)15(18)19/h4-6,8,11,16H,7H2,1-3H3,(H,14,17)/t11-/m1/s1. The first-order chi connectivity index (χ1) is 8.88. The molecular weight excluding hydrogens is 248 g/mol. The fraction of sp³-hybridized carbons (Fsp3) is 0.462. The first kappa shape index (κ1) is 15.1. The second-order valence-electron chi connectivity index (χ2n) is 4.73. The molecule has 1 atom stereocenters. The number of hydrogen-bond donors (Lipinski definition) is 2. The smallest absolute Gasteiger partial charge is 0.285 e. The molecule has 2 N–H and O–H groups in total. The number of para-hydroxylation sites is 1. The van der Waals surface area contributed by atoms with Gasteiger partial charge in [-0.25, -0.2) is 0 Å². The van der Waals surface area contributed by atoms with Crippen LogP contribution < -0.4 is 5.32 Å². The highest BCUT2D eigenvalue weighted by molar-refractivity contribution is 5.98. The van der Waals surface area contributed by atoms with E-state index in [0.29, 0.717) is 5.56 Å². The van der Waals surface area contributed by atoms with Crippen molar-refractivity contribution in [3.63, 3.8) is 0 Å². The molecule has 0 unspecified atom stereocenters. The number of nitrogens with one attached hydrogen (secondary N) is 1. The number of aryl methyl sites for hydroxylation is 1. The first-order valence-corrected chi connectivity index (χ1v) is 6.04. The number of benzene rings is 1. The summed E-state index contributed by atoms with van der Waals surface area (Å²) in [6, 6.07) is 4.17. The molecule has 6 nitrogen and oxygen atoms in total. The van der Waals surface area contributed by atoms with Crippen LogP contribution in [-0.2, 0) is 0 Å². The molecule has 1 aromatic carbocycles. The molecule has 0 aliphatic carbocycles. The van der Waals surface area contributed by atoms with E-state index in [0.717, 1.165) is 0 Å². The predicted octanol–water partition coefficient (Wildman–Crippen LogP) is 1.65. The third-order valence-electron chi connectivity index (χ3n) is 2.98. The van der Waals surface area contributed by atoms with Crippen LogP contribution in [0.15, 0.2) is 18.2 Å². The highest BCUT2D eigenvalue weighted by Gasteiger charge is 2.24. The molecule has 0 bridgehead atoms. The summed E-state index contributed by atoms with van der Waals surface area (Å²) in [4.78, 5) is 22.5. The van der Waals surface area contributed by atoms with Gasteiger partial charge in [-0.1, -0.05) is 26.0 Å². The van der Waals surface area contributed by atoms with Gasteiger partial charge in [0.2, 0.25) is 0 Å². The predicted molar refractivity (Wildman–Crippen MR) is 71.0 cm³/mol. The van der Waals surface area contributed by atoms with E-state index in [9.17, 15) is 20.0 Å². The Hall–Kier alpha value is -1.95. The normalized spacial score (nSPS) is 12.3. The van der Waals surface area contributed by atoms with Gasteiger partial charge in [-0.3, -0.25) is 14.9 Å². The zero-order valence-electron chi connectivity index (χ0n) is 11.2. The number of nitro groups is 1. The highest BCUT2D eigenvalue weighted by atomic mass is 16.6. The minimum atomic E-state index is -0.562. The number of aliphatic hydroxyl groups excluding tert-OH is 1. The second-order valence-corrected chi connectivity index (χ2v) is 4.73. The zero-order valence-corrected chi connectivity index (χ0v) is 11.2. The van der Waals surface area contributed by atoms with E-state index in [-0.39, 0.29) is 23.8 Å². The molecular formula is C13H18N2O4. The monoisotopic (exact) mass is 266 g/mol. The minimum Gasteiger partial charge on any atom is -0.394 e. The maximum atomic E-state index is 12.1. The summed E-state index contributed by atoms with van der Waals surface area (Å²) in [6.07, 6.45) is 0. The molecule has 0 saturated heterocycles. The number of aliphatic hydroxyl groups is 1. The van der Waals surface area contributed by atoms with Crippen molar-refractivity contribution < 1.29 is 14.8 Å². The number of carbonyl (C=O) groups is 1. The van der Waals surface area contributed by atoms with E-state index in [4.69, 9.17) is 0 Å². The fourth-order valence-corrected chi connectivity index (χ4v) is 1.75. The summed E-state index contributed by atoms with van der Waals surface area (Å²) in [5, 5.41) is 22.8. The zero-order chi connectivity index (χ0) is 14.6. The van der Waals surface area contributed by atoms with Gasteiger partial charge in [-0.15, -0.1) is 0 Å². The molecule has 0 radical (unpaired) electrons. The average molecular weight is 266 g/mol. The Morgan fingerprint density at radius 1 is 1.47 bits per heavy atom. The average Bonchev–Trinajstić information content (AvgIpc) is 2.34. The topological polar surface area (TPSA) is 92.5 Å². The van der Waals surface area contributed by atoms with Crippen LogP contribution in [0.4, 0.5) is 5.69 Å². The van der Waals surface area contributed by atoms with Gasteiger partial charge in [-0.05, 0) is 18.9 Å². The lowest BCUT2D eigenvalue weighted by atomic mass is 10.0. The molecule has 6 heteroatoms. The molecule has 0 saturated carbocycles. The van der Waals surface area contributed by atoms with Crippen LogP contribution in [0.1, 0.15) is 29.8 Å². The van der Waals surface area contributed by atoms with Crippen LogP contribution in [0.5, 0.6) is 0 Å². The number of hydrogen-bond acceptors (Lipinski definition) is 4. The fourth-order valence-electron chi connectivity index (χ4n) is 1.75. The van der Waals surface area contributed by atoms with Crippen molar-refractivity contribution in [1.29, 1.82) is 0 Å². The lowest BCUT2D eigenvalue weighted by Gasteiger charge is -2.19. The summed E-state index contributed by atoms with van der Waals surface area (Å²) in [6.45, 7) is 5.08. The van der Waals surface area contributed by atoms with E-state index in [1.54, 1.807) is 19.1 Å². The summed E-state index contributed by atoms with van der Waals surface area (Å²) in [7, 11) is 0. The molecule has 1 amide bonds. The molecule has 1 rings (SSSR count). The molecule has 0 fully saturated rings. The van der Waals surface area contributed by atoms with Crippen LogP contribution in [0.2, 0.25) is 0 Å². The quantitative estimate of drug-likeness (QED) is 0.626. The Balaban J connectivity index is 3.07. The number of nitro benzene ring substituents is 1. The van der Waals surface area contributed by atoms with Gasteiger partial charge in [0, 0.05) is 5.56 Å². The van der Waals surface area contributed by atoms with Crippen molar-refractivity contribution in [2.75, 3.05) is 6.61 Å². The van der Waals surface area contributed by atoms with Crippen LogP contribution in [0.3, 0.4) is 0 Å². The van der Waals surface area contributed by atoms with Crippen LogP contribution >= 0.6 is 0 Å². The van der Waals surface area contributed by atoms with Crippen molar-refractivity contribution in [2.45, 2.75) is 26.8 Å². The molecule has 104 valence electrons. The minimum absolute atomic E-state index is 0.0177. The second kappa shape index (κ2) is 6.29. The Kier molecular flexibility index (Phi) is 5.00. The lowest BCUT2D eigenvalue weighted by molar-refractivity contribution is -0.385. The number of carbonyl (C=O) groups excluding carboxylic acids is 1. The number of nitrogens with zero attached hydrogens (tertiary/aromatic N) is 1. The Labute approximate surface area is 111 Å². The number of rotatable bonds is 5. The summed E-state index contributed by atoms with van der Waals surface area (Å²) in [5.74, 6) is -0.499. The highest BCUT2D eigenvalue weighted by Crippen LogP contribution is 2.23. The molecule has 0 spiro atoms. The molecule has 1 aromatic rings. The maximum Gasteiger partial charge on any atom is 0.285 e. The SMILES string of the molecule is Cc1cccc(C(=O)N[C@H](CO)C(C)C)c1[N+](=O)[O-]. The van der Waals surface area contributed by atoms with Gasteiger partial charge in [0.25, 0.3) is 11.6 Å².